The fraction of sp³-hybridized carbons (Fsp3) is 0.667. The van der Waals surface area contributed by atoms with Crippen LogP contribution in [0.3, 0.4) is 0 Å². The number of carbonyl (C=O) groups is 1. The second kappa shape index (κ2) is 10.8. The van der Waals surface area contributed by atoms with Gasteiger partial charge in [-0.15, -0.1) is 0 Å². The number of hydrogen-bond donors (Lipinski definition) is 0. The minimum absolute atomic E-state index is 0.207. The van der Waals surface area contributed by atoms with E-state index in [9.17, 15) is 4.79 Å². The van der Waals surface area contributed by atoms with Crippen molar-refractivity contribution in [1.29, 1.82) is 0 Å². The smallest absolute Gasteiger partial charge is 0.340 e. The molecule has 0 N–H and O–H groups in total. The van der Waals surface area contributed by atoms with Crippen molar-refractivity contribution < 1.29 is 14.3 Å². The van der Waals surface area contributed by atoms with E-state index in [0.717, 1.165) is 83.8 Å². The zero-order chi connectivity index (χ0) is 24.5. The van der Waals surface area contributed by atoms with Gasteiger partial charge in [0, 0.05) is 62.5 Å². The zero-order valence-electron chi connectivity index (χ0n) is 21.4. The molecule has 2 fully saturated rings. The van der Waals surface area contributed by atoms with E-state index in [-0.39, 0.29) is 5.97 Å². The number of hydrogen-bond acceptors (Lipinski definition) is 6. The summed E-state index contributed by atoms with van der Waals surface area (Å²) < 4.78 is 15.3. The molecule has 0 unspecified atom stereocenters. The molecule has 3 aliphatic rings. The van der Waals surface area contributed by atoms with Gasteiger partial charge in [0.1, 0.15) is 12.5 Å². The molecule has 7 nitrogen and oxygen atoms in total. The molecule has 1 saturated carbocycles. The predicted octanol–water partition coefficient (Wildman–Crippen LogP) is 4.69. The maximum absolute atomic E-state index is 13.6. The Labute approximate surface area is 217 Å². The van der Waals surface area contributed by atoms with Crippen molar-refractivity contribution in [3.63, 3.8) is 0 Å². The Hall–Kier alpha value is -1.61. The summed E-state index contributed by atoms with van der Waals surface area (Å²) in [4.78, 5) is 20.6. The van der Waals surface area contributed by atoms with E-state index >= 15 is 0 Å². The lowest BCUT2D eigenvalue weighted by Gasteiger charge is -2.33. The molecule has 0 spiro atoms. The van der Waals surface area contributed by atoms with Crippen LogP contribution in [0, 0.1) is 5.92 Å². The largest absolute Gasteiger partial charge is 0.477 e. The molecule has 3 heterocycles. The van der Waals surface area contributed by atoms with E-state index in [4.69, 9.17) is 9.47 Å². The highest BCUT2D eigenvalue weighted by Gasteiger charge is 2.32. The van der Waals surface area contributed by atoms with Crippen LogP contribution in [-0.2, 0) is 24.4 Å². The third kappa shape index (κ3) is 5.13. The SMILES string of the molecule is CCOC(=O)c1c(CN2CCN(C)CC2)n(CC2CCCCC2)c2cc(Br)c3c(c12)CN(C)CO3. The van der Waals surface area contributed by atoms with Crippen LogP contribution < -0.4 is 4.74 Å². The first-order valence-corrected chi connectivity index (χ1v) is 14.0. The van der Waals surface area contributed by atoms with Crippen LogP contribution in [0.25, 0.3) is 10.9 Å². The summed E-state index contributed by atoms with van der Waals surface area (Å²) in [5.74, 6) is 1.30. The highest BCUT2D eigenvalue weighted by molar-refractivity contribution is 9.10. The predicted molar refractivity (Wildman–Crippen MR) is 142 cm³/mol. The Balaban J connectivity index is 1.69. The van der Waals surface area contributed by atoms with E-state index in [2.05, 4.69) is 55.4 Å². The second-order valence-electron chi connectivity index (χ2n) is 10.6. The maximum atomic E-state index is 13.6. The van der Waals surface area contributed by atoms with Gasteiger partial charge in [-0.2, -0.15) is 0 Å². The van der Waals surface area contributed by atoms with Gasteiger partial charge >= 0.3 is 5.97 Å². The van der Waals surface area contributed by atoms with Gasteiger partial charge < -0.3 is 18.9 Å². The molecule has 1 aliphatic carbocycles. The van der Waals surface area contributed by atoms with Crippen LogP contribution in [0.5, 0.6) is 5.75 Å². The fourth-order valence-corrected chi connectivity index (χ4v) is 6.60. The molecule has 0 atom stereocenters. The van der Waals surface area contributed by atoms with Crippen molar-refractivity contribution in [2.24, 2.45) is 5.92 Å². The van der Waals surface area contributed by atoms with Gasteiger partial charge in [-0.05, 0) is 61.8 Å². The molecular weight excluding hydrogens is 508 g/mol. The number of rotatable bonds is 6. The third-order valence-electron chi connectivity index (χ3n) is 7.94. The molecule has 5 rings (SSSR count). The van der Waals surface area contributed by atoms with Gasteiger partial charge in [0.15, 0.2) is 0 Å². The van der Waals surface area contributed by atoms with Crippen LogP contribution in [0.4, 0.5) is 0 Å². The topological polar surface area (TPSA) is 50.2 Å². The highest BCUT2D eigenvalue weighted by Crippen LogP contribution is 2.43. The lowest BCUT2D eigenvalue weighted by atomic mass is 9.89. The first kappa shape index (κ1) is 25.1. The summed E-state index contributed by atoms with van der Waals surface area (Å²) >= 11 is 3.80. The Kier molecular flexibility index (Phi) is 7.72. The van der Waals surface area contributed by atoms with E-state index in [1.54, 1.807) is 0 Å². The van der Waals surface area contributed by atoms with Gasteiger partial charge in [-0.1, -0.05) is 19.3 Å². The third-order valence-corrected chi connectivity index (χ3v) is 8.53. The fourth-order valence-electron chi connectivity index (χ4n) is 6.03. The first-order chi connectivity index (χ1) is 17.0. The molecule has 1 aromatic heterocycles. The summed E-state index contributed by atoms with van der Waals surface area (Å²) in [6, 6.07) is 2.18. The van der Waals surface area contributed by atoms with Crippen molar-refractivity contribution in [3.05, 3.63) is 27.4 Å². The van der Waals surface area contributed by atoms with Crippen molar-refractivity contribution in [1.82, 2.24) is 19.3 Å². The molecule has 1 saturated heterocycles. The summed E-state index contributed by atoms with van der Waals surface area (Å²) in [7, 11) is 4.24. The number of esters is 1. The molecule has 0 bridgehead atoms. The monoisotopic (exact) mass is 546 g/mol. The molecule has 35 heavy (non-hydrogen) atoms. The molecule has 8 heteroatoms. The minimum atomic E-state index is -0.207. The average Bonchev–Trinajstić information content (AvgIpc) is 3.14. The quantitative estimate of drug-likeness (QED) is 0.490. The minimum Gasteiger partial charge on any atom is -0.477 e. The van der Waals surface area contributed by atoms with Crippen LogP contribution in [-0.4, -0.2) is 78.8 Å². The Bertz CT molecular complexity index is 1070. The number of halogens is 1. The number of fused-ring (bicyclic) bond motifs is 3. The molecule has 2 aliphatic heterocycles. The van der Waals surface area contributed by atoms with E-state index < -0.39 is 0 Å². The van der Waals surface area contributed by atoms with E-state index in [1.807, 2.05) is 6.92 Å². The van der Waals surface area contributed by atoms with Crippen LogP contribution in [0.15, 0.2) is 10.5 Å². The van der Waals surface area contributed by atoms with Crippen LogP contribution in [0.1, 0.15) is 60.6 Å². The normalized spacial score (nSPS) is 20.7. The van der Waals surface area contributed by atoms with Crippen molar-refractivity contribution >= 4 is 32.8 Å². The average molecular weight is 548 g/mol. The molecule has 0 amide bonds. The van der Waals surface area contributed by atoms with Crippen LogP contribution >= 0.6 is 15.9 Å². The summed E-state index contributed by atoms with van der Waals surface area (Å²) in [5.41, 5.74) is 4.09. The van der Waals surface area contributed by atoms with Crippen molar-refractivity contribution in [3.8, 4) is 5.75 Å². The molecular formula is C27H39BrN4O3. The van der Waals surface area contributed by atoms with Crippen molar-refractivity contribution in [2.75, 3.05) is 53.6 Å². The number of aromatic nitrogens is 1. The van der Waals surface area contributed by atoms with Gasteiger partial charge in [-0.3, -0.25) is 9.80 Å². The summed E-state index contributed by atoms with van der Waals surface area (Å²) in [6.45, 7) is 9.41. The van der Waals surface area contributed by atoms with Gasteiger partial charge in [-0.25, -0.2) is 4.79 Å². The number of likely N-dealkylation sites (N-methyl/N-ethyl adjacent to an activating group) is 1. The summed E-state index contributed by atoms with van der Waals surface area (Å²) in [6.07, 6.45) is 6.48. The lowest BCUT2D eigenvalue weighted by molar-refractivity contribution is 0.0524. The van der Waals surface area contributed by atoms with Crippen molar-refractivity contribution in [2.45, 2.75) is 58.7 Å². The maximum Gasteiger partial charge on any atom is 0.340 e. The molecule has 192 valence electrons. The Morgan fingerprint density at radius 3 is 2.57 bits per heavy atom. The first-order valence-electron chi connectivity index (χ1n) is 13.2. The molecule has 0 radical (unpaired) electrons. The number of ether oxygens (including phenoxy) is 2. The molecule has 2 aromatic rings. The number of piperazine rings is 1. The Morgan fingerprint density at radius 1 is 1.11 bits per heavy atom. The van der Waals surface area contributed by atoms with Gasteiger partial charge in [0.2, 0.25) is 0 Å². The lowest BCUT2D eigenvalue weighted by Crippen LogP contribution is -2.44. The van der Waals surface area contributed by atoms with Gasteiger partial charge in [0.25, 0.3) is 0 Å². The number of carbonyl (C=O) groups excluding carboxylic acids is 1. The zero-order valence-corrected chi connectivity index (χ0v) is 23.0. The molecule has 1 aromatic carbocycles. The second-order valence-corrected chi connectivity index (χ2v) is 11.4. The van der Waals surface area contributed by atoms with E-state index in [0.29, 0.717) is 19.3 Å². The summed E-state index contributed by atoms with van der Waals surface area (Å²) in [5, 5.41) is 1.02. The Morgan fingerprint density at radius 2 is 1.86 bits per heavy atom. The van der Waals surface area contributed by atoms with E-state index in [1.165, 1.54) is 32.1 Å². The van der Waals surface area contributed by atoms with Crippen LogP contribution in [0.2, 0.25) is 0 Å². The number of nitrogens with zero attached hydrogens (tertiary/aromatic N) is 4. The van der Waals surface area contributed by atoms with Gasteiger partial charge in [0.05, 0.1) is 22.2 Å². The standard InChI is InChI=1S/C27H39BrN4O3/c1-4-34-27(33)25-23(17-31-12-10-29(2)11-13-31)32(15-19-8-6-5-7-9-19)22-14-21(28)26-20(24(22)25)16-30(3)18-35-26/h14,19H,4-13,15-18H2,1-3H3. The number of benzene rings is 1. The highest BCUT2D eigenvalue weighted by atomic mass is 79.9.